The van der Waals surface area contributed by atoms with E-state index in [2.05, 4.69) is 25.0 Å². The molecule has 29 heavy (non-hydrogen) atoms. The standard InChI is InChI=1S/C20H17N5O3S/c1-12-11-13(2)22-20(21-12)25-29(27,28)15-9-7-14(8-10-15)23-18-16-5-3-4-6-17(16)24-19(18)26/h3-11H,1-2H3,(H,21,22,25)(H,23,24,26). The SMILES string of the molecule is Cc1cc(C)nc(NS(=O)(=O)c2ccc(N=C3C(=O)Nc4ccccc43)cc2)n1. The molecule has 0 atom stereocenters. The number of benzene rings is 2. The summed E-state index contributed by atoms with van der Waals surface area (Å²) >= 11 is 0. The second-order valence-electron chi connectivity index (χ2n) is 6.53. The molecule has 1 aromatic heterocycles. The van der Waals surface area contributed by atoms with Crippen molar-refractivity contribution in [2.24, 2.45) is 4.99 Å². The molecule has 2 N–H and O–H groups in total. The minimum atomic E-state index is -3.85. The molecule has 9 heteroatoms. The van der Waals surface area contributed by atoms with Crippen LogP contribution in [0.15, 0.2) is 64.5 Å². The predicted molar refractivity (Wildman–Crippen MR) is 110 cm³/mol. The minimum Gasteiger partial charge on any atom is -0.320 e. The third-order valence-corrected chi connectivity index (χ3v) is 5.59. The fraction of sp³-hybridized carbons (Fsp3) is 0.100. The van der Waals surface area contributed by atoms with E-state index in [0.29, 0.717) is 28.3 Å². The maximum Gasteiger partial charge on any atom is 0.275 e. The van der Waals surface area contributed by atoms with E-state index in [1.165, 1.54) is 24.3 Å². The minimum absolute atomic E-state index is 0.0195. The Hall–Kier alpha value is -3.59. The van der Waals surface area contributed by atoms with Gasteiger partial charge in [-0.25, -0.2) is 28.1 Å². The number of hydrogen-bond acceptors (Lipinski definition) is 6. The molecule has 0 fully saturated rings. The molecule has 146 valence electrons. The van der Waals surface area contributed by atoms with Crippen LogP contribution in [0.3, 0.4) is 0 Å². The van der Waals surface area contributed by atoms with Gasteiger partial charge in [0.25, 0.3) is 15.9 Å². The van der Waals surface area contributed by atoms with Crippen LogP contribution in [0.25, 0.3) is 0 Å². The predicted octanol–water partition coefficient (Wildman–Crippen LogP) is 2.97. The molecule has 0 saturated heterocycles. The van der Waals surface area contributed by atoms with Crippen LogP contribution in [0.5, 0.6) is 0 Å². The number of carbonyl (C=O) groups is 1. The summed E-state index contributed by atoms with van der Waals surface area (Å²) in [5.74, 6) is -0.275. The maximum atomic E-state index is 12.6. The van der Waals surface area contributed by atoms with E-state index in [1.807, 2.05) is 12.1 Å². The molecule has 0 saturated carbocycles. The molecule has 0 radical (unpaired) electrons. The van der Waals surface area contributed by atoms with Crippen LogP contribution in [0.2, 0.25) is 0 Å². The lowest BCUT2D eigenvalue weighted by Crippen LogP contribution is -2.15. The Kier molecular flexibility index (Phi) is 4.59. The number of aliphatic imine (C=N–C) groups is 1. The largest absolute Gasteiger partial charge is 0.320 e. The van der Waals surface area contributed by atoms with E-state index >= 15 is 0 Å². The van der Waals surface area contributed by atoms with Gasteiger partial charge in [-0.1, -0.05) is 18.2 Å². The van der Waals surface area contributed by atoms with E-state index in [0.717, 1.165) is 0 Å². The van der Waals surface area contributed by atoms with Crippen LogP contribution < -0.4 is 10.0 Å². The zero-order chi connectivity index (χ0) is 20.6. The number of nitrogens with one attached hydrogen (secondary N) is 2. The summed E-state index contributed by atoms with van der Waals surface area (Å²) in [7, 11) is -3.85. The summed E-state index contributed by atoms with van der Waals surface area (Å²) in [4.78, 5) is 24.8. The first-order chi connectivity index (χ1) is 13.8. The van der Waals surface area contributed by atoms with Gasteiger partial charge in [-0.05, 0) is 50.2 Å². The number of aromatic nitrogens is 2. The van der Waals surface area contributed by atoms with E-state index < -0.39 is 10.0 Å². The second-order valence-corrected chi connectivity index (χ2v) is 8.22. The molecule has 0 unspecified atom stereocenters. The van der Waals surface area contributed by atoms with Gasteiger partial charge in [0.2, 0.25) is 5.95 Å². The number of nitrogens with zero attached hydrogens (tertiary/aromatic N) is 3. The average molecular weight is 407 g/mol. The summed E-state index contributed by atoms with van der Waals surface area (Å²) in [5.41, 5.74) is 3.50. The summed E-state index contributed by atoms with van der Waals surface area (Å²) in [5, 5.41) is 2.75. The fourth-order valence-corrected chi connectivity index (χ4v) is 3.94. The first-order valence-electron chi connectivity index (χ1n) is 8.76. The molecule has 0 aliphatic carbocycles. The fourth-order valence-electron chi connectivity index (χ4n) is 2.99. The number of hydrogen-bond donors (Lipinski definition) is 2. The maximum absolute atomic E-state index is 12.6. The van der Waals surface area contributed by atoms with Crippen LogP contribution in [-0.2, 0) is 14.8 Å². The molecule has 2 aromatic carbocycles. The van der Waals surface area contributed by atoms with Crippen LogP contribution >= 0.6 is 0 Å². The van der Waals surface area contributed by atoms with Gasteiger partial charge < -0.3 is 5.32 Å². The van der Waals surface area contributed by atoms with Crippen molar-refractivity contribution in [3.63, 3.8) is 0 Å². The number of amides is 1. The Labute approximate surface area is 167 Å². The normalized spacial score (nSPS) is 14.6. The van der Waals surface area contributed by atoms with Crippen molar-refractivity contribution in [3.05, 3.63) is 71.5 Å². The summed E-state index contributed by atoms with van der Waals surface area (Å²) in [6, 6.07) is 14.9. The lowest BCUT2D eigenvalue weighted by molar-refractivity contribution is -0.110. The number of para-hydroxylation sites is 1. The topological polar surface area (TPSA) is 113 Å². The van der Waals surface area contributed by atoms with Gasteiger partial charge in [-0.3, -0.25) is 4.79 Å². The lowest BCUT2D eigenvalue weighted by Gasteiger charge is -2.08. The Morgan fingerprint density at radius 3 is 2.31 bits per heavy atom. The molecular formula is C20H17N5O3S. The van der Waals surface area contributed by atoms with Crippen molar-refractivity contribution in [2.45, 2.75) is 18.7 Å². The van der Waals surface area contributed by atoms with Crippen molar-refractivity contribution in [1.29, 1.82) is 0 Å². The van der Waals surface area contributed by atoms with Crippen molar-refractivity contribution in [1.82, 2.24) is 9.97 Å². The van der Waals surface area contributed by atoms with Crippen LogP contribution in [0.4, 0.5) is 17.3 Å². The monoisotopic (exact) mass is 407 g/mol. The van der Waals surface area contributed by atoms with Crippen LogP contribution in [-0.4, -0.2) is 30.0 Å². The first kappa shape index (κ1) is 18.8. The van der Waals surface area contributed by atoms with Crippen LogP contribution in [0, 0.1) is 13.8 Å². The Morgan fingerprint density at radius 2 is 1.62 bits per heavy atom. The molecule has 1 aliphatic heterocycles. The molecule has 8 nitrogen and oxygen atoms in total. The molecule has 3 aromatic rings. The summed E-state index contributed by atoms with van der Waals surface area (Å²) < 4.78 is 27.6. The van der Waals surface area contributed by atoms with Crippen LogP contribution in [0.1, 0.15) is 17.0 Å². The quantitative estimate of drug-likeness (QED) is 0.690. The average Bonchev–Trinajstić information content (AvgIpc) is 2.96. The number of carbonyl (C=O) groups excluding carboxylic acids is 1. The highest BCUT2D eigenvalue weighted by Crippen LogP contribution is 2.26. The Morgan fingerprint density at radius 1 is 0.966 bits per heavy atom. The highest BCUT2D eigenvalue weighted by atomic mass is 32.2. The summed E-state index contributed by atoms with van der Waals surface area (Å²) in [6.07, 6.45) is 0. The molecule has 4 rings (SSSR count). The Balaban J connectivity index is 1.60. The first-order valence-corrected chi connectivity index (χ1v) is 10.2. The van der Waals surface area contributed by atoms with E-state index in [4.69, 9.17) is 0 Å². The second kappa shape index (κ2) is 7.10. The van der Waals surface area contributed by atoms with Gasteiger partial charge >= 0.3 is 0 Å². The van der Waals surface area contributed by atoms with Gasteiger partial charge in [0.05, 0.1) is 16.3 Å². The highest BCUT2D eigenvalue weighted by Gasteiger charge is 2.25. The number of anilines is 2. The number of rotatable bonds is 4. The Bertz CT molecular complexity index is 1230. The molecule has 2 heterocycles. The smallest absolute Gasteiger partial charge is 0.275 e. The number of fused-ring (bicyclic) bond motifs is 1. The molecule has 0 spiro atoms. The lowest BCUT2D eigenvalue weighted by atomic mass is 10.1. The summed E-state index contributed by atoms with van der Waals surface area (Å²) in [6.45, 7) is 3.52. The zero-order valence-corrected chi connectivity index (χ0v) is 16.5. The van der Waals surface area contributed by atoms with Crippen molar-refractivity contribution >= 4 is 39.0 Å². The van der Waals surface area contributed by atoms with Gasteiger partial charge in [0, 0.05) is 17.0 Å². The number of sulfonamides is 1. The van der Waals surface area contributed by atoms with Gasteiger partial charge in [-0.2, -0.15) is 0 Å². The molecule has 0 bridgehead atoms. The zero-order valence-electron chi connectivity index (χ0n) is 15.7. The van der Waals surface area contributed by atoms with Gasteiger partial charge in [0.15, 0.2) is 0 Å². The van der Waals surface area contributed by atoms with E-state index in [9.17, 15) is 13.2 Å². The number of aryl methyl sites for hydroxylation is 2. The molecular weight excluding hydrogens is 390 g/mol. The highest BCUT2D eigenvalue weighted by molar-refractivity contribution is 7.92. The van der Waals surface area contributed by atoms with E-state index in [1.54, 1.807) is 32.0 Å². The van der Waals surface area contributed by atoms with Crippen molar-refractivity contribution in [3.8, 4) is 0 Å². The molecule has 1 amide bonds. The van der Waals surface area contributed by atoms with Crippen molar-refractivity contribution < 1.29 is 13.2 Å². The van der Waals surface area contributed by atoms with E-state index in [-0.39, 0.29) is 22.5 Å². The third kappa shape index (κ3) is 3.85. The molecule has 1 aliphatic rings. The van der Waals surface area contributed by atoms with Gasteiger partial charge in [-0.15, -0.1) is 0 Å². The van der Waals surface area contributed by atoms with Crippen molar-refractivity contribution in [2.75, 3.05) is 10.0 Å². The van der Waals surface area contributed by atoms with Gasteiger partial charge in [0.1, 0.15) is 5.71 Å². The third-order valence-electron chi connectivity index (χ3n) is 4.24.